The third kappa shape index (κ3) is 3.70. The number of rotatable bonds is 4. The van der Waals surface area contributed by atoms with Crippen LogP contribution in [0.3, 0.4) is 0 Å². The van der Waals surface area contributed by atoms with Crippen LogP contribution in [0.25, 0.3) is 0 Å². The molecule has 0 bridgehead atoms. The van der Waals surface area contributed by atoms with E-state index < -0.39 is 11.2 Å². The quantitative estimate of drug-likeness (QED) is 0.481. The maximum Gasteiger partial charge on any atom is 0.325 e. The van der Waals surface area contributed by atoms with Gasteiger partial charge in [0.25, 0.3) is 5.56 Å². The standard InChI is InChI=1S/C9H13N3O4/c1-5(4-13)10-7(14)2-6-3-8(15)12-9(16)11-6/h3,5,13H,2,4H2,1H3,(H,10,14)(H2,11,12,15,16). The molecule has 0 fully saturated rings. The molecule has 1 aromatic rings. The molecule has 1 heterocycles. The van der Waals surface area contributed by atoms with E-state index in [9.17, 15) is 14.4 Å². The minimum Gasteiger partial charge on any atom is -0.394 e. The van der Waals surface area contributed by atoms with Crippen LogP contribution in [-0.4, -0.2) is 33.6 Å². The first-order valence-electron chi connectivity index (χ1n) is 4.74. The molecule has 0 aliphatic heterocycles. The zero-order valence-electron chi connectivity index (χ0n) is 8.74. The van der Waals surface area contributed by atoms with Gasteiger partial charge in [-0.2, -0.15) is 0 Å². The first kappa shape index (κ1) is 12.2. The molecule has 1 unspecified atom stereocenters. The summed E-state index contributed by atoms with van der Waals surface area (Å²) < 4.78 is 0. The van der Waals surface area contributed by atoms with Gasteiger partial charge in [-0.05, 0) is 6.92 Å². The highest BCUT2D eigenvalue weighted by molar-refractivity contribution is 5.78. The summed E-state index contributed by atoms with van der Waals surface area (Å²) in [5.74, 6) is -0.372. The Bertz CT molecular complexity index is 448. The van der Waals surface area contributed by atoms with E-state index in [-0.39, 0.29) is 30.7 Å². The number of carbonyl (C=O) groups is 1. The topological polar surface area (TPSA) is 115 Å². The molecule has 1 amide bonds. The lowest BCUT2D eigenvalue weighted by Crippen LogP contribution is -2.36. The number of aliphatic hydroxyl groups excluding tert-OH is 1. The molecular weight excluding hydrogens is 214 g/mol. The molecule has 16 heavy (non-hydrogen) atoms. The van der Waals surface area contributed by atoms with Crippen molar-refractivity contribution in [3.63, 3.8) is 0 Å². The summed E-state index contributed by atoms with van der Waals surface area (Å²) in [5.41, 5.74) is -0.969. The highest BCUT2D eigenvalue weighted by atomic mass is 16.3. The molecule has 0 saturated heterocycles. The monoisotopic (exact) mass is 227 g/mol. The Morgan fingerprint density at radius 1 is 1.50 bits per heavy atom. The Hall–Kier alpha value is -1.89. The van der Waals surface area contributed by atoms with Crippen molar-refractivity contribution in [1.82, 2.24) is 15.3 Å². The van der Waals surface area contributed by atoms with Crippen LogP contribution in [0.1, 0.15) is 12.6 Å². The van der Waals surface area contributed by atoms with Gasteiger partial charge in [-0.15, -0.1) is 0 Å². The first-order chi connectivity index (χ1) is 7.51. The van der Waals surface area contributed by atoms with Crippen LogP contribution in [-0.2, 0) is 11.2 Å². The van der Waals surface area contributed by atoms with Crippen molar-refractivity contribution in [3.05, 3.63) is 32.6 Å². The molecule has 7 heteroatoms. The molecular formula is C9H13N3O4. The minimum atomic E-state index is -0.648. The molecule has 1 atom stereocenters. The van der Waals surface area contributed by atoms with Crippen molar-refractivity contribution in [1.29, 1.82) is 0 Å². The van der Waals surface area contributed by atoms with Crippen LogP contribution in [0.15, 0.2) is 15.7 Å². The minimum absolute atomic E-state index is 0.108. The molecule has 1 rings (SSSR count). The van der Waals surface area contributed by atoms with Crippen LogP contribution < -0.4 is 16.6 Å². The summed E-state index contributed by atoms with van der Waals surface area (Å²) in [6.07, 6.45) is -0.108. The Labute approximate surface area is 90.5 Å². The van der Waals surface area contributed by atoms with E-state index >= 15 is 0 Å². The van der Waals surface area contributed by atoms with E-state index in [1.807, 2.05) is 4.98 Å². The number of aromatic amines is 2. The normalized spacial score (nSPS) is 12.1. The van der Waals surface area contributed by atoms with Gasteiger partial charge in [-0.3, -0.25) is 14.6 Å². The molecule has 7 nitrogen and oxygen atoms in total. The fourth-order valence-corrected chi connectivity index (χ4v) is 1.16. The lowest BCUT2D eigenvalue weighted by atomic mass is 10.2. The molecule has 0 aromatic carbocycles. The number of carbonyl (C=O) groups excluding carboxylic acids is 1. The zero-order valence-corrected chi connectivity index (χ0v) is 8.74. The smallest absolute Gasteiger partial charge is 0.325 e. The zero-order chi connectivity index (χ0) is 12.1. The van der Waals surface area contributed by atoms with E-state index in [4.69, 9.17) is 5.11 Å². The predicted octanol–water partition coefficient (Wildman–Crippen LogP) is -1.90. The summed E-state index contributed by atoms with van der Waals surface area (Å²) in [6, 6.07) is 0.783. The molecule has 1 aromatic heterocycles. The Balaban J connectivity index is 2.70. The van der Waals surface area contributed by atoms with E-state index in [0.29, 0.717) is 0 Å². The summed E-state index contributed by atoms with van der Waals surface area (Å²) in [4.78, 5) is 37.5. The van der Waals surface area contributed by atoms with Crippen LogP contribution in [0.5, 0.6) is 0 Å². The van der Waals surface area contributed by atoms with E-state index in [1.165, 1.54) is 0 Å². The number of nitrogens with one attached hydrogen (secondary N) is 3. The predicted molar refractivity (Wildman–Crippen MR) is 56.1 cm³/mol. The SMILES string of the molecule is CC(CO)NC(=O)Cc1cc(=O)[nH]c(=O)[nH]1. The summed E-state index contributed by atoms with van der Waals surface area (Å²) in [5, 5.41) is 11.2. The molecule has 0 spiro atoms. The van der Waals surface area contributed by atoms with E-state index in [2.05, 4.69) is 10.3 Å². The third-order valence-corrected chi connectivity index (χ3v) is 1.85. The second-order valence-corrected chi connectivity index (χ2v) is 3.44. The number of hydrogen-bond acceptors (Lipinski definition) is 4. The van der Waals surface area contributed by atoms with Gasteiger partial charge in [0, 0.05) is 17.8 Å². The van der Waals surface area contributed by atoms with Gasteiger partial charge in [-0.25, -0.2) is 4.79 Å². The average molecular weight is 227 g/mol. The van der Waals surface area contributed by atoms with Crippen molar-refractivity contribution < 1.29 is 9.90 Å². The lowest BCUT2D eigenvalue weighted by Gasteiger charge is -2.10. The third-order valence-electron chi connectivity index (χ3n) is 1.85. The summed E-state index contributed by atoms with van der Waals surface area (Å²) in [6.45, 7) is 1.47. The van der Waals surface area contributed by atoms with Gasteiger partial charge < -0.3 is 15.4 Å². The Morgan fingerprint density at radius 3 is 2.75 bits per heavy atom. The molecule has 0 saturated carbocycles. The van der Waals surface area contributed by atoms with Crippen molar-refractivity contribution in [2.45, 2.75) is 19.4 Å². The van der Waals surface area contributed by atoms with Gasteiger partial charge in [-0.1, -0.05) is 0 Å². The van der Waals surface area contributed by atoms with Crippen LogP contribution in [0, 0.1) is 0 Å². The van der Waals surface area contributed by atoms with Gasteiger partial charge in [0.1, 0.15) is 0 Å². The van der Waals surface area contributed by atoms with Gasteiger partial charge >= 0.3 is 5.69 Å². The van der Waals surface area contributed by atoms with Crippen molar-refractivity contribution >= 4 is 5.91 Å². The summed E-state index contributed by atoms with van der Waals surface area (Å²) >= 11 is 0. The van der Waals surface area contributed by atoms with Crippen molar-refractivity contribution in [2.24, 2.45) is 0 Å². The Kier molecular flexibility index (Phi) is 4.01. The molecule has 4 N–H and O–H groups in total. The van der Waals surface area contributed by atoms with E-state index in [0.717, 1.165) is 6.07 Å². The van der Waals surface area contributed by atoms with Gasteiger partial charge in [0.05, 0.1) is 13.0 Å². The van der Waals surface area contributed by atoms with Gasteiger partial charge in [0.15, 0.2) is 0 Å². The number of hydrogen-bond donors (Lipinski definition) is 4. The fourth-order valence-electron chi connectivity index (χ4n) is 1.16. The van der Waals surface area contributed by atoms with Crippen molar-refractivity contribution in [2.75, 3.05) is 6.61 Å². The second kappa shape index (κ2) is 5.26. The van der Waals surface area contributed by atoms with Crippen LogP contribution >= 0.6 is 0 Å². The molecule has 0 aliphatic carbocycles. The lowest BCUT2D eigenvalue weighted by molar-refractivity contribution is -0.121. The molecule has 88 valence electrons. The number of aliphatic hydroxyl groups is 1. The highest BCUT2D eigenvalue weighted by Gasteiger charge is 2.08. The maximum atomic E-state index is 11.3. The number of H-pyrrole nitrogens is 2. The maximum absolute atomic E-state index is 11.3. The van der Waals surface area contributed by atoms with Gasteiger partial charge in [0.2, 0.25) is 5.91 Å². The first-order valence-corrected chi connectivity index (χ1v) is 4.74. The summed E-state index contributed by atoms with van der Waals surface area (Å²) in [7, 11) is 0. The second-order valence-electron chi connectivity index (χ2n) is 3.44. The van der Waals surface area contributed by atoms with Crippen LogP contribution in [0.2, 0.25) is 0 Å². The Morgan fingerprint density at radius 2 is 2.19 bits per heavy atom. The largest absolute Gasteiger partial charge is 0.394 e. The molecule has 0 aliphatic rings. The highest BCUT2D eigenvalue weighted by Crippen LogP contribution is 1.89. The number of aromatic nitrogens is 2. The fraction of sp³-hybridized carbons (Fsp3) is 0.444. The van der Waals surface area contributed by atoms with Crippen molar-refractivity contribution in [3.8, 4) is 0 Å². The average Bonchev–Trinajstić information content (AvgIpc) is 2.15. The van der Waals surface area contributed by atoms with Crippen LogP contribution in [0.4, 0.5) is 0 Å². The molecule has 0 radical (unpaired) electrons. The number of amides is 1. The van der Waals surface area contributed by atoms with E-state index in [1.54, 1.807) is 6.92 Å².